The van der Waals surface area contributed by atoms with Crippen LogP contribution in [0.5, 0.6) is 5.75 Å². The number of para-hydroxylation sites is 1. The van der Waals surface area contributed by atoms with Gasteiger partial charge in [-0.2, -0.15) is 0 Å². The lowest BCUT2D eigenvalue weighted by molar-refractivity contribution is 0.0227. The Kier molecular flexibility index (Phi) is 7.62. The lowest BCUT2D eigenvalue weighted by Gasteiger charge is -2.41. The number of hydrogen-bond acceptors (Lipinski definition) is 4. The second-order valence-corrected chi connectivity index (χ2v) is 11.5. The van der Waals surface area contributed by atoms with E-state index in [1.807, 2.05) is 24.3 Å². The van der Waals surface area contributed by atoms with Crippen LogP contribution in [0, 0.1) is 0 Å². The number of fused-ring (bicyclic) bond motifs is 1. The highest BCUT2D eigenvalue weighted by Crippen LogP contribution is 2.42. The van der Waals surface area contributed by atoms with Crippen molar-refractivity contribution in [2.75, 3.05) is 10.6 Å². The van der Waals surface area contributed by atoms with Crippen LogP contribution < -0.4 is 14.4 Å². The van der Waals surface area contributed by atoms with Crippen molar-refractivity contribution in [2.45, 2.75) is 51.3 Å². The smallest absolute Gasteiger partial charge is 0.251 e. The number of carbonyl (C=O) groups excluding carboxylic acids is 1. The van der Waals surface area contributed by atoms with Gasteiger partial charge in [0.05, 0.1) is 24.5 Å². The van der Waals surface area contributed by atoms with E-state index in [-0.39, 0.29) is 24.1 Å². The molecule has 1 aliphatic rings. The third-order valence-electron chi connectivity index (χ3n) is 6.85. The normalized spacial score (nSPS) is 16.5. The van der Waals surface area contributed by atoms with E-state index >= 15 is 0 Å². The zero-order valence-corrected chi connectivity index (χ0v) is 22.3. The molecule has 0 saturated carbocycles. The van der Waals surface area contributed by atoms with Crippen molar-refractivity contribution in [1.82, 2.24) is 5.32 Å². The van der Waals surface area contributed by atoms with Crippen molar-refractivity contribution >= 4 is 33.2 Å². The second kappa shape index (κ2) is 10.5. The molecule has 0 spiro atoms. The SMILES string of the molecule is CCC1(CC)C[C@H](NC(=O)c2ccc(N(Cc3ccc(Cl)cc3)S(C)(=O)=O)cc2)c2ccccc2O1. The Morgan fingerprint density at radius 3 is 2.28 bits per heavy atom. The summed E-state index contributed by atoms with van der Waals surface area (Å²) in [5, 5.41) is 3.76. The molecule has 4 rings (SSSR count). The van der Waals surface area contributed by atoms with E-state index in [1.165, 1.54) is 10.6 Å². The van der Waals surface area contributed by atoms with Crippen molar-refractivity contribution in [3.05, 3.63) is 94.5 Å². The fraction of sp³-hybridized carbons (Fsp3) is 0.321. The lowest BCUT2D eigenvalue weighted by atomic mass is 9.83. The van der Waals surface area contributed by atoms with Crippen LogP contribution in [0.4, 0.5) is 5.69 Å². The molecule has 1 heterocycles. The first-order valence-corrected chi connectivity index (χ1v) is 14.3. The van der Waals surface area contributed by atoms with Crippen LogP contribution >= 0.6 is 11.6 Å². The standard InChI is InChI=1S/C28H31ClN2O4S/c1-4-28(5-2)18-25(24-8-6-7-9-26(24)35-28)30-27(32)21-12-16-23(17-13-21)31(36(3,33)34)19-20-10-14-22(29)15-11-20/h6-17,25H,4-5,18-19H2,1-3H3,(H,30,32)/t25-/m0/s1. The Hall–Kier alpha value is -3.03. The fourth-order valence-corrected chi connectivity index (χ4v) is 5.62. The highest BCUT2D eigenvalue weighted by molar-refractivity contribution is 7.92. The molecular formula is C28H31ClN2O4S. The average molecular weight is 527 g/mol. The number of ether oxygens (including phenoxy) is 1. The van der Waals surface area contributed by atoms with Gasteiger partial charge >= 0.3 is 0 Å². The third kappa shape index (κ3) is 5.68. The largest absolute Gasteiger partial charge is 0.487 e. The molecule has 1 atom stereocenters. The molecule has 1 aliphatic heterocycles. The van der Waals surface area contributed by atoms with Gasteiger partial charge in [-0.05, 0) is 60.9 Å². The first-order valence-electron chi connectivity index (χ1n) is 12.0. The Balaban J connectivity index is 1.54. The molecule has 6 nitrogen and oxygen atoms in total. The van der Waals surface area contributed by atoms with E-state index in [4.69, 9.17) is 16.3 Å². The molecule has 3 aromatic carbocycles. The van der Waals surface area contributed by atoms with Gasteiger partial charge in [0.25, 0.3) is 5.91 Å². The lowest BCUT2D eigenvalue weighted by Crippen LogP contribution is -2.44. The van der Waals surface area contributed by atoms with Crippen molar-refractivity contribution in [2.24, 2.45) is 0 Å². The Morgan fingerprint density at radius 1 is 1.03 bits per heavy atom. The van der Waals surface area contributed by atoms with E-state index in [2.05, 4.69) is 19.2 Å². The molecule has 0 unspecified atom stereocenters. The monoisotopic (exact) mass is 526 g/mol. The van der Waals surface area contributed by atoms with Crippen LogP contribution in [0.25, 0.3) is 0 Å². The number of anilines is 1. The minimum Gasteiger partial charge on any atom is -0.487 e. The van der Waals surface area contributed by atoms with Gasteiger partial charge in [-0.3, -0.25) is 9.10 Å². The van der Waals surface area contributed by atoms with Crippen molar-refractivity contribution < 1.29 is 17.9 Å². The van der Waals surface area contributed by atoms with Crippen molar-refractivity contribution in [3.63, 3.8) is 0 Å². The van der Waals surface area contributed by atoms with E-state index in [0.717, 1.165) is 29.7 Å². The number of amides is 1. The van der Waals surface area contributed by atoms with E-state index < -0.39 is 10.0 Å². The summed E-state index contributed by atoms with van der Waals surface area (Å²) < 4.78 is 32.7. The van der Waals surface area contributed by atoms with Crippen LogP contribution in [0.2, 0.25) is 5.02 Å². The molecule has 0 saturated heterocycles. The highest BCUT2D eigenvalue weighted by atomic mass is 35.5. The number of rotatable bonds is 8. The van der Waals surface area contributed by atoms with E-state index in [0.29, 0.717) is 22.7 Å². The molecule has 0 aliphatic carbocycles. The molecule has 8 heteroatoms. The van der Waals surface area contributed by atoms with Gasteiger partial charge in [-0.1, -0.05) is 55.8 Å². The molecule has 0 bridgehead atoms. The number of halogens is 1. The maximum absolute atomic E-state index is 13.2. The third-order valence-corrected chi connectivity index (χ3v) is 8.24. The first kappa shape index (κ1) is 26.0. The summed E-state index contributed by atoms with van der Waals surface area (Å²) in [7, 11) is -3.55. The van der Waals surface area contributed by atoms with Gasteiger partial charge in [0.1, 0.15) is 11.4 Å². The van der Waals surface area contributed by atoms with Crippen LogP contribution in [0.3, 0.4) is 0 Å². The fourth-order valence-electron chi connectivity index (χ4n) is 4.61. The van der Waals surface area contributed by atoms with Gasteiger partial charge in [0, 0.05) is 22.6 Å². The van der Waals surface area contributed by atoms with Crippen molar-refractivity contribution in [1.29, 1.82) is 0 Å². The van der Waals surface area contributed by atoms with Crippen LogP contribution in [0.15, 0.2) is 72.8 Å². The van der Waals surface area contributed by atoms with Gasteiger partial charge in [-0.25, -0.2) is 8.42 Å². The molecule has 1 N–H and O–H groups in total. The number of sulfonamides is 1. The minimum absolute atomic E-state index is 0.163. The van der Waals surface area contributed by atoms with Gasteiger partial charge < -0.3 is 10.1 Å². The summed E-state index contributed by atoms with van der Waals surface area (Å²) in [5.74, 6) is 0.590. The highest BCUT2D eigenvalue weighted by Gasteiger charge is 2.39. The topological polar surface area (TPSA) is 75.7 Å². The van der Waals surface area contributed by atoms with Crippen molar-refractivity contribution in [3.8, 4) is 5.75 Å². The summed E-state index contributed by atoms with van der Waals surface area (Å²) in [4.78, 5) is 13.2. The van der Waals surface area contributed by atoms with Gasteiger partial charge in [0.2, 0.25) is 10.0 Å². The zero-order valence-electron chi connectivity index (χ0n) is 20.7. The van der Waals surface area contributed by atoms with Crippen LogP contribution in [-0.4, -0.2) is 26.2 Å². The first-order chi connectivity index (χ1) is 17.1. The van der Waals surface area contributed by atoms with Gasteiger partial charge in [0.15, 0.2) is 0 Å². The zero-order chi connectivity index (χ0) is 25.9. The predicted octanol–water partition coefficient (Wildman–Crippen LogP) is 6.12. The molecule has 0 fully saturated rings. The molecule has 3 aromatic rings. The number of hydrogen-bond donors (Lipinski definition) is 1. The number of carbonyl (C=O) groups is 1. The second-order valence-electron chi connectivity index (χ2n) is 9.20. The summed E-state index contributed by atoms with van der Waals surface area (Å²) in [6, 6.07) is 21.3. The minimum atomic E-state index is -3.55. The summed E-state index contributed by atoms with van der Waals surface area (Å²) in [5.41, 5.74) is 2.39. The number of nitrogens with zero attached hydrogens (tertiary/aromatic N) is 1. The summed E-state index contributed by atoms with van der Waals surface area (Å²) in [6.45, 7) is 4.37. The quantitative estimate of drug-likeness (QED) is 0.383. The molecule has 190 valence electrons. The van der Waals surface area contributed by atoms with E-state index in [9.17, 15) is 13.2 Å². The van der Waals surface area contributed by atoms with Crippen LogP contribution in [0.1, 0.15) is 60.6 Å². The maximum atomic E-state index is 13.2. The predicted molar refractivity (Wildman–Crippen MR) is 144 cm³/mol. The van der Waals surface area contributed by atoms with Gasteiger partial charge in [-0.15, -0.1) is 0 Å². The average Bonchev–Trinajstić information content (AvgIpc) is 2.87. The molecule has 0 radical (unpaired) electrons. The Labute approximate surface area is 218 Å². The van der Waals surface area contributed by atoms with E-state index in [1.54, 1.807) is 48.5 Å². The molecule has 36 heavy (non-hydrogen) atoms. The maximum Gasteiger partial charge on any atom is 0.251 e. The Morgan fingerprint density at radius 2 is 1.67 bits per heavy atom. The summed E-state index contributed by atoms with van der Waals surface area (Å²) in [6.07, 6.45) is 3.53. The number of nitrogens with one attached hydrogen (secondary N) is 1. The molecule has 1 amide bonds. The molecular weight excluding hydrogens is 496 g/mol. The Bertz CT molecular complexity index is 1320. The molecule has 0 aromatic heterocycles. The summed E-state index contributed by atoms with van der Waals surface area (Å²) >= 11 is 5.96. The number of benzene rings is 3. The van der Waals surface area contributed by atoms with Crippen LogP contribution in [-0.2, 0) is 16.6 Å².